The number of rotatable bonds is 5. The van der Waals surface area contributed by atoms with Crippen molar-refractivity contribution in [3.05, 3.63) is 17.4 Å². The van der Waals surface area contributed by atoms with Gasteiger partial charge in [0.25, 0.3) is 0 Å². The lowest BCUT2D eigenvalue weighted by Gasteiger charge is -2.15. The van der Waals surface area contributed by atoms with Crippen molar-refractivity contribution >= 4 is 28.1 Å². The predicted octanol–water partition coefficient (Wildman–Crippen LogP) is 1.46. The van der Waals surface area contributed by atoms with Crippen molar-refractivity contribution in [2.24, 2.45) is 0 Å². The van der Waals surface area contributed by atoms with Crippen molar-refractivity contribution in [2.75, 3.05) is 36.5 Å². The number of hydrogen-bond donors (Lipinski definition) is 0. The first kappa shape index (κ1) is 15.5. The third kappa shape index (κ3) is 2.89. The largest absolute Gasteiger partial charge is 0.377 e. The van der Waals surface area contributed by atoms with Crippen LogP contribution in [0.2, 0.25) is 0 Å². The van der Waals surface area contributed by atoms with Crippen molar-refractivity contribution in [3.63, 3.8) is 0 Å². The second-order valence-electron chi connectivity index (χ2n) is 6.13. The Bertz CT molecular complexity index is 729. The Morgan fingerprint density at radius 3 is 3.08 bits per heavy atom. The maximum atomic E-state index is 11.9. The summed E-state index contributed by atoms with van der Waals surface area (Å²) in [6.07, 6.45) is 6.38. The molecule has 0 aromatic carbocycles. The molecule has 2 saturated heterocycles. The molecule has 0 bridgehead atoms. The van der Waals surface area contributed by atoms with E-state index in [1.165, 1.54) is 0 Å². The molecule has 2 aromatic heterocycles. The Kier molecular flexibility index (Phi) is 4.19. The second-order valence-corrected chi connectivity index (χ2v) is 7.17. The Balaban J connectivity index is 1.43. The fourth-order valence-corrected chi connectivity index (χ4v) is 4.12. The van der Waals surface area contributed by atoms with Gasteiger partial charge in [-0.05, 0) is 12.8 Å². The van der Waals surface area contributed by atoms with Crippen LogP contribution < -0.4 is 9.80 Å². The number of aromatic nitrogens is 4. The topological polar surface area (TPSA) is 76.4 Å². The molecule has 0 aliphatic carbocycles. The van der Waals surface area contributed by atoms with E-state index in [4.69, 9.17) is 4.74 Å². The van der Waals surface area contributed by atoms with Crippen molar-refractivity contribution in [1.29, 1.82) is 0 Å². The first-order valence-corrected chi connectivity index (χ1v) is 8.97. The summed E-state index contributed by atoms with van der Waals surface area (Å²) in [6.45, 7) is 3.09. The number of nitrogens with zero attached hydrogens (tertiary/aromatic N) is 6. The molecule has 0 saturated carbocycles. The quantitative estimate of drug-likeness (QED) is 0.814. The molecule has 0 N–H and O–H groups in total. The normalized spacial score (nSPS) is 21.2. The summed E-state index contributed by atoms with van der Waals surface area (Å²) in [6, 6.07) is 0.297. The average Bonchev–Trinajstić information content (AvgIpc) is 3.34. The van der Waals surface area contributed by atoms with E-state index < -0.39 is 0 Å². The molecule has 2 aliphatic heterocycles. The molecule has 128 valence electrons. The Labute approximate surface area is 144 Å². The molecule has 8 nitrogen and oxygen atoms in total. The van der Waals surface area contributed by atoms with Gasteiger partial charge in [-0.25, -0.2) is 0 Å². The highest BCUT2D eigenvalue weighted by Crippen LogP contribution is 2.30. The maximum Gasteiger partial charge on any atom is 0.227 e. The summed E-state index contributed by atoms with van der Waals surface area (Å²) in [7, 11) is 1.66. The maximum absolute atomic E-state index is 11.9. The number of ether oxygens (including phenoxy) is 1. The summed E-state index contributed by atoms with van der Waals surface area (Å²) in [5.41, 5.74) is 0.911. The zero-order valence-electron chi connectivity index (χ0n) is 13.6. The number of methoxy groups -OCH3 is 1. The number of hydrogen-bond acceptors (Lipinski definition) is 7. The lowest BCUT2D eigenvalue weighted by atomic mass is 10.3. The average molecular weight is 348 g/mol. The van der Waals surface area contributed by atoms with E-state index in [0.29, 0.717) is 19.1 Å². The molecule has 1 atom stereocenters. The molecule has 4 rings (SSSR count). The van der Waals surface area contributed by atoms with E-state index >= 15 is 0 Å². The van der Waals surface area contributed by atoms with E-state index in [-0.39, 0.29) is 5.91 Å². The van der Waals surface area contributed by atoms with Crippen LogP contribution in [-0.2, 0) is 16.1 Å². The van der Waals surface area contributed by atoms with Gasteiger partial charge in [0.2, 0.25) is 11.0 Å². The minimum Gasteiger partial charge on any atom is -0.377 e. The Morgan fingerprint density at radius 1 is 1.38 bits per heavy atom. The van der Waals surface area contributed by atoms with Gasteiger partial charge in [-0.2, -0.15) is 5.10 Å². The van der Waals surface area contributed by atoms with Crippen LogP contribution in [0.1, 0.15) is 30.3 Å². The lowest BCUT2D eigenvalue weighted by molar-refractivity contribution is -0.117. The monoisotopic (exact) mass is 348 g/mol. The number of anilines is 2. The van der Waals surface area contributed by atoms with Gasteiger partial charge in [-0.1, -0.05) is 11.3 Å². The van der Waals surface area contributed by atoms with Crippen LogP contribution in [0.4, 0.5) is 10.8 Å². The fourth-order valence-electron chi connectivity index (χ4n) is 3.27. The van der Waals surface area contributed by atoms with Gasteiger partial charge in [0.15, 0.2) is 0 Å². The van der Waals surface area contributed by atoms with Crippen molar-refractivity contribution in [1.82, 2.24) is 20.0 Å². The molecular weight excluding hydrogens is 328 g/mol. The van der Waals surface area contributed by atoms with Gasteiger partial charge in [0.1, 0.15) is 11.6 Å². The Morgan fingerprint density at radius 2 is 2.29 bits per heavy atom. The number of carbonyl (C=O) groups excluding carboxylic acids is 1. The molecule has 24 heavy (non-hydrogen) atoms. The first-order chi connectivity index (χ1) is 11.7. The van der Waals surface area contributed by atoms with Crippen LogP contribution >= 0.6 is 11.3 Å². The highest BCUT2D eigenvalue weighted by Gasteiger charge is 2.28. The van der Waals surface area contributed by atoms with Crippen LogP contribution in [0, 0.1) is 0 Å². The van der Waals surface area contributed by atoms with Gasteiger partial charge in [0, 0.05) is 39.4 Å². The number of carbonyl (C=O) groups is 1. The van der Waals surface area contributed by atoms with Crippen molar-refractivity contribution in [3.8, 4) is 0 Å². The third-order valence-electron chi connectivity index (χ3n) is 4.50. The van der Waals surface area contributed by atoms with E-state index in [1.54, 1.807) is 24.6 Å². The molecule has 2 fully saturated rings. The lowest BCUT2D eigenvalue weighted by Crippen LogP contribution is -2.23. The molecule has 9 heteroatoms. The zero-order chi connectivity index (χ0) is 16.5. The zero-order valence-corrected chi connectivity index (χ0v) is 14.4. The van der Waals surface area contributed by atoms with Gasteiger partial charge >= 0.3 is 0 Å². The fraction of sp³-hybridized carbons (Fsp3) is 0.600. The van der Waals surface area contributed by atoms with Crippen molar-refractivity contribution in [2.45, 2.75) is 31.9 Å². The molecule has 2 aliphatic rings. The van der Waals surface area contributed by atoms with Gasteiger partial charge < -0.3 is 14.5 Å². The standard InChI is InChI=1S/C15H20N6O2S/c1-23-10-13-17-18-15(24-13)19-6-4-11(8-19)21-9-12(7-16-21)20-5-2-3-14(20)22/h7,9,11H,2-6,8,10H2,1H3. The van der Waals surface area contributed by atoms with E-state index in [0.717, 1.165) is 48.3 Å². The highest BCUT2D eigenvalue weighted by molar-refractivity contribution is 7.15. The van der Waals surface area contributed by atoms with Crippen LogP contribution in [0.3, 0.4) is 0 Å². The van der Waals surface area contributed by atoms with Gasteiger partial charge in [0.05, 0.1) is 17.9 Å². The van der Waals surface area contributed by atoms with Crippen LogP contribution in [0.15, 0.2) is 12.4 Å². The molecule has 0 spiro atoms. The summed E-state index contributed by atoms with van der Waals surface area (Å²) in [4.78, 5) is 15.9. The molecule has 2 aromatic rings. The predicted molar refractivity (Wildman–Crippen MR) is 90.3 cm³/mol. The second kappa shape index (κ2) is 6.48. The molecule has 0 radical (unpaired) electrons. The van der Waals surface area contributed by atoms with Gasteiger partial charge in [-0.15, -0.1) is 10.2 Å². The van der Waals surface area contributed by atoms with E-state index in [1.807, 2.05) is 15.8 Å². The highest BCUT2D eigenvalue weighted by atomic mass is 32.1. The van der Waals surface area contributed by atoms with E-state index in [9.17, 15) is 4.79 Å². The summed E-state index contributed by atoms with van der Waals surface area (Å²) < 4.78 is 7.08. The van der Waals surface area contributed by atoms with Crippen LogP contribution in [0.5, 0.6) is 0 Å². The smallest absolute Gasteiger partial charge is 0.227 e. The summed E-state index contributed by atoms with van der Waals surface area (Å²) in [5, 5.41) is 14.7. The van der Waals surface area contributed by atoms with Crippen LogP contribution in [-0.4, -0.2) is 52.6 Å². The van der Waals surface area contributed by atoms with E-state index in [2.05, 4.69) is 20.2 Å². The molecule has 4 heterocycles. The summed E-state index contributed by atoms with van der Waals surface area (Å²) in [5.74, 6) is 0.196. The SMILES string of the molecule is COCc1nnc(N2CCC(n3cc(N4CCCC4=O)cn3)C2)s1. The molecule has 1 amide bonds. The van der Waals surface area contributed by atoms with Crippen LogP contribution in [0.25, 0.3) is 0 Å². The first-order valence-electron chi connectivity index (χ1n) is 8.15. The molecular formula is C15H20N6O2S. The minimum atomic E-state index is 0.196. The summed E-state index contributed by atoms with van der Waals surface area (Å²) >= 11 is 1.57. The number of amides is 1. The third-order valence-corrected chi connectivity index (χ3v) is 5.46. The molecule has 1 unspecified atom stereocenters. The van der Waals surface area contributed by atoms with Gasteiger partial charge in [-0.3, -0.25) is 9.48 Å². The van der Waals surface area contributed by atoms with Crippen molar-refractivity contribution < 1.29 is 9.53 Å². The Hall–Kier alpha value is -2.00. The minimum absolute atomic E-state index is 0.196.